The van der Waals surface area contributed by atoms with Crippen LogP contribution in [0, 0.1) is 12.5 Å². The second kappa shape index (κ2) is 4.60. The molecular weight excluding hydrogens is 167 g/mol. The Bertz CT molecular complexity index is 230. The molecule has 0 saturated heterocycles. The van der Waals surface area contributed by atoms with Gasteiger partial charge in [0.05, 0.1) is 0 Å². The van der Waals surface area contributed by atoms with Crippen LogP contribution in [-0.4, -0.2) is 11.9 Å². The zero-order valence-corrected chi connectivity index (χ0v) is 6.52. The Morgan fingerprint density at radius 2 is 2.17 bits per heavy atom. The second-order valence-electron chi connectivity index (χ2n) is 1.93. The van der Waals surface area contributed by atoms with Crippen LogP contribution >= 0.6 is 0 Å². The summed E-state index contributed by atoms with van der Waals surface area (Å²) in [6.07, 6.45) is 2.91. The molecule has 0 spiro atoms. The van der Waals surface area contributed by atoms with Crippen LogP contribution in [0.15, 0.2) is 17.1 Å². The summed E-state index contributed by atoms with van der Waals surface area (Å²) >= 11 is 0. The summed E-state index contributed by atoms with van der Waals surface area (Å²) in [6, 6.07) is 1.60. The lowest BCUT2D eigenvalue weighted by Crippen LogP contribution is -2.20. The number of nitrogens with zero attached hydrogens (tertiary/aromatic N) is 1. The average molecular weight is 175 g/mol. The predicted molar refractivity (Wildman–Crippen MR) is 41.8 cm³/mol. The lowest BCUT2D eigenvalue weighted by atomic mass is 10.3. The van der Waals surface area contributed by atoms with Gasteiger partial charge < -0.3 is 0 Å². The highest BCUT2D eigenvalue weighted by Crippen LogP contribution is 2.18. The van der Waals surface area contributed by atoms with Crippen molar-refractivity contribution in [1.29, 1.82) is 0 Å². The zero-order chi connectivity index (χ0) is 9.61. The van der Waals surface area contributed by atoms with Gasteiger partial charge in [0.1, 0.15) is 0 Å². The zero-order valence-electron chi connectivity index (χ0n) is 6.52. The number of halogens is 3. The van der Waals surface area contributed by atoms with Gasteiger partial charge in [-0.15, -0.1) is 0 Å². The minimum atomic E-state index is -4.46. The molecule has 0 N–H and O–H groups in total. The normalized spacial score (nSPS) is 13.4. The first kappa shape index (κ1) is 10.8. The maximum absolute atomic E-state index is 12.0. The minimum absolute atomic E-state index is 0.514. The molecule has 0 atom stereocenters. The van der Waals surface area contributed by atoms with Gasteiger partial charge in [0.2, 0.25) is 0 Å². The van der Waals surface area contributed by atoms with Gasteiger partial charge in [-0.2, -0.15) is 18.2 Å². The van der Waals surface area contributed by atoms with Gasteiger partial charge in [-0.05, 0) is 12.5 Å². The minimum Gasteiger partial charge on any atom is -0.193 e. The van der Waals surface area contributed by atoms with Crippen molar-refractivity contribution in [3.05, 3.63) is 12.2 Å². The highest BCUT2D eigenvalue weighted by molar-refractivity contribution is 6.00. The number of rotatable bonds is 2. The standard InChI is InChI=1S/C8H8F3N/c1-3-5-6-7(12-4-2)8(9,10)11/h2,5-6H,3H2,1H3/b6-5-,12-7?. The Hall–Kier alpha value is -1.24. The molecule has 0 aliphatic carbocycles. The van der Waals surface area contributed by atoms with Gasteiger partial charge in [0, 0.05) is 6.04 Å². The van der Waals surface area contributed by atoms with Crippen LogP contribution in [-0.2, 0) is 0 Å². The van der Waals surface area contributed by atoms with E-state index in [0.29, 0.717) is 6.42 Å². The smallest absolute Gasteiger partial charge is 0.193 e. The van der Waals surface area contributed by atoms with Crippen molar-refractivity contribution in [2.24, 2.45) is 4.99 Å². The molecule has 0 unspecified atom stereocenters. The fourth-order valence-electron chi connectivity index (χ4n) is 0.494. The van der Waals surface area contributed by atoms with E-state index in [1.807, 2.05) is 0 Å². The quantitative estimate of drug-likeness (QED) is 0.451. The molecule has 0 aliphatic heterocycles. The topological polar surface area (TPSA) is 12.4 Å². The van der Waals surface area contributed by atoms with E-state index in [9.17, 15) is 13.2 Å². The van der Waals surface area contributed by atoms with Crippen molar-refractivity contribution in [3.8, 4) is 12.5 Å². The van der Waals surface area contributed by atoms with Crippen molar-refractivity contribution in [1.82, 2.24) is 0 Å². The van der Waals surface area contributed by atoms with E-state index < -0.39 is 11.9 Å². The van der Waals surface area contributed by atoms with Crippen LogP contribution in [0.5, 0.6) is 0 Å². The molecule has 4 heteroatoms. The van der Waals surface area contributed by atoms with E-state index in [1.165, 1.54) is 6.08 Å². The van der Waals surface area contributed by atoms with Crippen LogP contribution in [0.4, 0.5) is 13.2 Å². The van der Waals surface area contributed by atoms with Crippen LogP contribution in [0.2, 0.25) is 0 Å². The van der Waals surface area contributed by atoms with Gasteiger partial charge in [-0.1, -0.05) is 19.4 Å². The summed E-state index contributed by atoms with van der Waals surface area (Å²) in [7, 11) is 0. The van der Waals surface area contributed by atoms with Crippen molar-refractivity contribution in [3.63, 3.8) is 0 Å². The number of aliphatic imine (C=N–C) groups is 1. The van der Waals surface area contributed by atoms with E-state index in [-0.39, 0.29) is 0 Å². The van der Waals surface area contributed by atoms with Gasteiger partial charge in [-0.25, -0.2) is 0 Å². The Balaban J connectivity index is 4.61. The molecule has 0 aliphatic rings. The average Bonchev–Trinajstić information content (AvgIpc) is 1.95. The molecule has 0 saturated carbocycles. The fourth-order valence-corrected chi connectivity index (χ4v) is 0.494. The molecule has 66 valence electrons. The number of allylic oxidation sites excluding steroid dienone is 2. The highest BCUT2D eigenvalue weighted by atomic mass is 19.4. The fraction of sp³-hybridized carbons (Fsp3) is 0.375. The molecule has 12 heavy (non-hydrogen) atoms. The molecule has 0 bridgehead atoms. The second-order valence-corrected chi connectivity index (χ2v) is 1.93. The summed E-state index contributed by atoms with van der Waals surface area (Å²) in [4.78, 5) is 2.87. The highest BCUT2D eigenvalue weighted by Gasteiger charge is 2.33. The first-order valence-corrected chi connectivity index (χ1v) is 3.29. The molecule has 0 amide bonds. The van der Waals surface area contributed by atoms with Crippen molar-refractivity contribution in [2.75, 3.05) is 0 Å². The molecular formula is C8H8F3N. The van der Waals surface area contributed by atoms with E-state index in [0.717, 1.165) is 6.08 Å². The van der Waals surface area contributed by atoms with Gasteiger partial charge in [0.25, 0.3) is 0 Å². The molecule has 0 rings (SSSR count). The van der Waals surface area contributed by atoms with E-state index in [4.69, 9.17) is 0 Å². The molecule has 0 aromatic heterocycles. The van der Waals surface area contributed by atoms with Crippen LogP contribution in [0.3, 0.4) is 0 Å². The van der Waals surface area contributed by atoms with Gasteiger partial charge in [-0.3, -0.25) is 0 Å². The summed E-state index contributed by atoms with van der Waals surface area (Å²) < 4.78 is 35.9. The Morgan fingerprint density at radius 3 is 2.50 bits per heavy atom. The monoisotopic (exact) mass is 175 g/mol. The number of hydrogen-bond acceptors (Lipinski definition) is 1. The Labute approximate surface area is 69.0 Å². The Morgan fingerprint density at radius 1 is 1.58 bits per heavy atom. The lowest BCUT2D eigenvalue weighted by molar-refractivity contribution is -0.0576. The summed E-state index contributed by atoms with van der Waals surface area (Å²) in [5.41, 5.74) is -1.04. The maximum Gasteiger partial charge on any atom is 0.434 e. The predicted octanol–water partition coefficient (Wildman–Crippen LogP) is 2.55. The number of alkyl halides is 3. The van der Waals surface area contributed by atoms with Gasteiger partial charge >= 0.3 is 6.18 Å². The van der Waals surface area contributed by atoms with Crippen molar-refractivity contribution < 1.29 is 13.2 Å². The van der Waals surface area contributed by atoms with Gasteiger partial charge in [0.15, 0.2) is 5.71 Å². The van der Waals surface area contributed by atoms with Crippen molar-refractivity contribution >= 4 is 5.71 Å². The van der Waals surface area contributed by atoms with Crippen LogP contribution in [0.1, 0.15) is 13.3 Å². The maximum atomic E-state index is 12.0. The first-order valence-electron chi connectivity index (χ1n) is 3.29. The first-order chi connectivity index (χ1) is 5.52. The summed E-state index contributed by atoms with van der Waals surface area (Å²) in [5, 5.41) is 0. The van der Waals surface area contributed by atoms with E-state index >= 15 is 0 Å². The molecule has 0 aromatic rings. The molecule has 0 heterocycles. The number of terminal acetylenes is 1. The third-order valence-electron chi connectivity index (χ3n) is 0.987. The van der Waals surface area contributed by atoms with Crippen molar-refractivity contribution in [2.45, 2.75) is 19.5 Å². The molecule has 0 fully saturated rings. The summed E-state index contributed by atoms with van der Waals surface area (Å²) in [5.74, 6) is 0. The largest absolute Gasteiger partial charge is 0.434 e. The summed E-state index contributed by atoms with van der Waals surface area (Å²) in [6.45, 7) is 1.72. The van der Waals surface area contributed by atoms with Crippen LogP contribution in [0.25, 0.3) is 0 Å². The third kappa shape index (κ3) is 3.81. The third-order valence-corrected chi connectivity index (χ3v) is 0.987. The molecule has 0 radical (unpaired) electrons. The molecule has 0 aromatic carbocycles. The lowest BCUT2D eigenvalue weighted by Gasteiger charge is -2.03. The number of hydrogen-bond donors (Lipinski definition) is 0. The SMILES string of the molecule is C#CN=C(/C=C\CC)C(F)(F)F. The van der Waals surface area contributed by atoms with E-state index in [1.54, 1.807) is 13.0 Å². The van der Waals surface area contributed by atoms with E-state index in [2.05, 4.69) is 11.4 Å². The van der Waals surface area contributed by atoms with Crippen LogP contribution < -0.4 is 0 Å². The molecule has 1 nitrogen and oxygen atoms in total. The Kier molecular flexibility index (Phi) is 4.12.